The van der Waals surface area contributed by atoms with Crippen molar-refractivity contribution in [2.24, 2.45) is 0 Å². The maximum Gasteiger partial charge on any atom is 0.318 e. The van der Waals surface area contributed by atoms with Gasteiger partial charge in [-0.05, 0) is 49.6 Å². The van der Waals surface area contributed by atoms with Crippen LogP contribution >= 0.6 is 0 Å². The van der Waals surface area contributed by atoms with Crippen molar-refractivity contribution in [3.05, 3.63) is 35.1 Å². The molecule has 1 aromatic carbocycles. The summed E-state index contributed by atoms with van der Waals surface area (Å²) in [6.07, 6.45) is 2.41. The maximum absolute atomic E-state index is 13.6. The first-order chi connectivity index (χ1) is 12.9. The zero-order valence-electron chi connectivity index (χ0n) is 15.5. The van der Waals surface area contributed by atoms with Gasteiger partial charge in [0.15, 0.2) is 0 Å². The summed E-state index contributed by atoms with van der Waals surface area (Å²) in [6.45, 7) is 1.66. The lowest BCUT2D eigenvalue weighted by molar-refractivity contribution is -0.138. The summed E-state index contributed by atoms with van der Waals surface area (Å²) < 4.78 is 19.3. The summed E-state index contributed by atoms with van der Waals surface area (Å²) in [5.74, 6) is -1.19. The molecule has 8 heteroatoms. The van der Waals surface area contributed by atoms with Gasteiger partial charge in [0, 0.05) is 19.6 Å². The Kier molecular flexibility index (Phi) is 6.28. The standard InChI is InChI=1S/C19H26FN3O4/c1-22(12-18(24)25)10-15-11-23(7-8-27-15)19(26)21-17-4-2-3-13-5-6-14(20)9-16(13)17/h5-6,9,15,17H,2-4,7-8,10-12H2,1H3,(H,21,26)(H,24,25)/t15?,17-/m0/s1. The molecule has 3 rings (SSSR count). The summed E-state index contributed by atoms with van der Waals surface area (Å²) in [5.41, 5.74) is 1.95. The van der Waals surface area contributed by atoms with E-state index in [1.165, 1.54) is 12.1 Å². The average Bonchev–Trinajstić information content (AvgIpc) is 2.61. The highest BCUT2D eigenvalue weighted by atomic mass is 19.1. The maximum atomic E-state index is 13.6. The summed E-state index contributed by atoms with van der Waals surface area (Å²) >= 11 is 0. The third-order valence-corrected chi connectivity index (χ3v) is 5.07. The van der Waals surface area contributed by atoms with E-state index in [9.17, 15) is 14.0 Å². The number of aryl methyl sites for hydroxylation is 1. The van der Waals surface area contributed by atoms with E-state index in [0.717, 1.165) is 30.4 Å². The number of carboxylic acids is 1. The minimum atomic E-state index is -0.897. The van der Waals surface area contributed by atoms with Crippen molar-refractivity contribution in [2.45, 2.75) is 31.4 Å². The molecule has 27 heavy (non-hydrogen) atoms. The van der Waals surface area contributed by atoms with Crippen LogP contribution in [-0.2, 0) is 16.0 Å². The molecule has 1 unspecified atom stereocenters. The van der Waals surface area contributed by atoms with Gasteiger partial charge >= 0.3 is 12.0 Å². The van der Waals surface area contributed by atoms with Crippen LogP contribution in [0.1, 0.15) is 30.0 Å². The fraction of sp³-hybridized carbons (Fsp3) is 0.579. The molecule has 0 saturated carbocycles. The fourth-order valence-electron chi connectivity index (χ4n) is 3.82. The van der Waals surface area contributed by atoms with Gasteiger partial charge in [0.2, 0.25) is 0 Å². The Morgan fingerprint density at radius 2 is 2.26 bits per heavy atom. The van der Waals surface area contributed by atoms with E-state index >= 15 is 0 Å². The summed E-state index contributed by atoms with van der Waals surface area (Å²) in [7, 11) is 1.71. The zero-order chi connectivity index (χ0) is 19.4. The Labute approximate surface area is 158 Å². The first-order valence-corrected chi connectivity index (χ1v) is 9.28. The van der Waals surface area contributed by atoms with Crippen LogP contribution < -0.4 is 5.32 Å². The van der Waals surface area contributed by atoms with E-state index in [-0.39, 0.29) is 30.5 Å². The molecule has 2 N–H and O–H groups in total. The monoisotopic (exact) mass is 379 g/mol. The predicted octanol–water partition coefficient (Wildman–Crippen LogP) is 1.63. The molecule has 1 aliphatic carbocycles. The summed E-state index contributed by atoms with van der Waals surface area (Å²) in [5, 5.41) is 11.9. The molecule has 1 saturated heterocycles. The Bertz CT molecular complexity index is 700. The molecule has 7 nitrogen and oxygen atoms in total. The van der Waals surface area contributed by atoms with Gasteiger partial charge in [-0.15, -0.1) is 0 Å². The molecule has 0 spiro atoms. The van der Waals surface area contributed by atoms with Crippen molar-refractivity contribution < 1.29 is 23.8 Å². The number of carbonyl (C=O) groups excluding carboxylic acids is 1. The number of morpholine rings is 1. The van der Waals surface area contributed by atoms with Crippen molar-refractivity contribution in [1.82, 2.24) is 15.1 Å². The van der Waals surface area contributed by atoms with Crippen LogP contribution in [0, 0.1) is 5.82 Å². The van der Waals surface area contributed by atoms with E-state index in [1.807, 2.05) is 0 Å². The molecule has 0 aromatic heterocycles. The molecule has 0 radical (unpaired) electrons. The molecule has 0 bridgehead atoms. The molecule has 2 atom stereocenters. The zero-order valence-corrected chi connectivity index (χ0v) is 15.5. The molecular formula is C19H26FN3O4. The van der Waals surface area contributed by atoms with Crippen LogP contribution in [0.2, 0.25) is 0 Å². The summed E-state index contributed by atoms with van der Waals surface area (Å²) in [4.78, 5) is 26.9. The lowest BCUT2D eigenvalue weighted by atomic mass is 9.87. The molecule has 1 aromatic rings. The number of hydrogen-bond acceptors (Lipinski definition) is 4. The van der Waals surface area contributed by atoms with Gasteiger partial charge in [0.25, 0.3) is 0 Å². The van der Waals surface area contributed by atoms with Gasteiger partial charge in [0.1, 0.15) is 5.82 Å². The third kappa shape index (κ3) is 5.17. The Balaban J connectivity index is 1.58. The second kappa shape index (κ2) is 8.67. The van der Waals surface area contributed by atoms with Crippen molar-refractivity contribution in [1.29, 1.82) is 0 Å². The van der Waals surface area contributed by atoms with Crippen LogP contribution in [0.4, 0.5) is 9.18 Å². The Morgan fingerprint density at radius 3 is 3.04 bits per heavy atom. The van der Waals surface area contributed by atoms with Crippen molar-refractivity contribution in [3.63, 3.8) is 0 Å². The number of nitrogens with one attached hydrogen (secondary N) is 1. The number of hydrogen-bond donors (Lipinski definition) is 2. The predicted molar refractivity (Wildman–Crippen MR) is 97.1 cm³/mol. The smallest absolute Gasteiger partial charge is 0.318 e. The highest BCUT2D eigenvalue weighted by Gasteiger charge is 2.28. The minimum Gasteiger partial charge on any atom is -0.480 e. The van der Waals surface area contributed by atoms with Crippen LogP contribution in [0.3, 0.4) is 0 Å². The number of halogens is 1. The fourth-order valence-corrected chi connectivity index (χ4v) is 3.82. The quantitative estimate of drug-likeness (QED) is 0.813. The number of likely N-dealkylation sites (N-methyl/N-ethyl adjacent to an activating group) is 1. The Morgan fingerprint density at radius 1 is 1.44 bits per heavy atom. The van der Waals surface area contributed by atoms with E-state index in [1.54, 1.807) is 22.9 Å². The van der Waals surface area contributed by atoms with E-state index in [2.05, 4.69) is 5.32 Å². The molecule has 2 amide bonds. The van der Waals surface area contributed by atoms with Gasteiger partial charge in [-0.1, -0.05) is 6.07 Å². The number of ether oxygens (including phenoxy) is 1. The SMILES string of the molecule is CN(CC(=O)O)CC1CN(C(=O)N[C@H]2CCCc3ccc(F)cc32)CCO1. The van der Waals surface area contributed by atoms with E-state index < -0.39 is 5.97 Å². The number of urea groups is 1. The van der Waals surface area contributed by atoms with Crippen LogP contribution in [-0.4, -0.2) is 72.8 Å². The van der Waals surface area contributed by atoms with Gasteiger partial charge in [-0.2, -0.15) is 0 Å². The van der Waals surface area contributed by atoms with Crippen molar-refractivity contribution in [2.75, 3.05) is 39.8 Å². The van der Waals surface area contributed by atoms with Gasteiger partial charge in [-0.3, -0.25) is 9.69 Å². The lowest BCUT2D eigenvalue weighted by Gasteiger charge is -2.36. The average molecular weight is 379 g/mol. The highest BCUT2D eigenvalue weighted by Crippen LogP contribution is 2.30. The number of amides is 2. The molecule has 148 valence electrons. The molecule has 1 heterocycles. The minimum absolute atomic E-state index is 0.0729. The van der Waals surface area contributed by atoms with E-state index in [4.69, 9.17) is 9.84 Å². The number of carboxylic acid groups (broad SMARTS) is 1. The van der Waals surface area contributed by atoms with Crippen LogP contribution in [0.25, 0.3) is 0 Å². The highest BCUT2D eigenvalue weighted by molar-refractivity contribution is 5.75. The van der Waals surface area contributed by atoms with Crippen molar-refractivity contribution in [3.8, 4) is 0 Å². The number of benzene rings is 1. The first-order valence-electron chi connectivity index (χ1n) is 9.28. The molecule has 1 aliphatic heterocycles. The van der Waals surface area contributed by atoms with Crippen LogP contribution in [0.5, 0.6) is 0 Å². The molecule has 2 aliphatic rings. The third-order valence-electron chi connectivity index (χ3n) is 5.07. The Hall–Kier alpha value is -2.19. The second-order valence-electron chi connectivity index (χ2n) is 7.27. The first kappa shape index (κ1) is 19.6. The molecular weight excluding hydrogens is 353 g/mol. The largest absolute Gasteiger partial charge is 0.480 e. The summed E-state index contributed by atoms with van der Waals surface area (Å²) in [6, 6.07) is 4.40. The van der Waals surface area contributed by atoms with Crippen molar-refractivity contribution >= 4 is 12.0 Å². The number of rotatable bonds is 5. The van der Waals surface area contributed by atoms with Crippen LogP contribution in [0.15, 0.2) is 18.2 Å². The number of aliphatic carboxylic acids is 1. The molecule has 1 fully saturated rings. The lowest BCUT2D eigenvalue weighted by Crippen LogP contribution is -2.53. The van der Waals surface area contributed by atoms with Gasteiger partial charge < -0.3 is 20.1 Å². The number of fused-ring (bicyclic) bond motifs is 1. The second-order valence-corrected chi connectivity index (χ2v) is 7.27. The van der Waals surface area contributed by atoms with E-state index in [0.29, 0.717) is 26.2 Å². The van der Waals surface area contributed by atoms with Gasteiger partial charge in [-0.25, -0.2) is 9.18 Å². The number of carbonyl (C=O) groups is 2. The number of nitrogens with zero attached hydrogens (tertiary/aromatic N) is 2. The normalized spacial score (nSPS) is 22.4. The van der Waals surface area contributed by atoms with Gasteiger partial charge in [0.05, 0.1) is 25.3 Å². The topological polar surface area (TPSA) is 82.1 Å².